The van der Waals surface area contributed by atoms with Crippen LogP contribution in [0.3, 0.4) is 0 Å². The van der Waals surface area contributed by atoms with E-state index >= 15 is 0 Å². The van der Waals surface area contributed by atoms with Crippen LogP contribution in [0.15, 0.2) is 24.5 Å². The topological polar surface area (TPSA) is 38.7 Å². The first-order valence-electron chi connectivity index (χ1n) is 2.91. The van der Waals surface area contributed by atoms with Crippen LogP contribution in [0.4, 0.5) is 0 Å². The molecule has 2 heterocycles. The van der Waals surface area contributed by atoms with Gasteiger partial charge in [0.15, 0.2) is 0 Å². The van der Waals surface area contributed by atoms with Crippen molar-refractivity contribution < 1.29 is 0 Å². The standard InChI is InChI=1S/C7H4N3/c1-3-8-5-7-6(1)2-4-9-10-7/h1-4H. The highest BCUT2D eigenvalue weighted by molar-refractivity contribution is 5.75. The highest BCUT2D eigenvalue weighted by Crippen LogP contribution is 2.03. The number of fused-ring (bicyclic) bond motifs is 1. The molecule has 2 rings (SSSR count). The van der Waals surface area contributed by atoms with Crippen molar-refractivity contribution in [1.82, 2.24) is 15.2 Å². The fraction of sp³-hybridized carbons (Fsp3) is 0. The third-order valence-corrected chi connectivity index (χ3v) is 1.25. The highest BCUT2D eigenvalue weighted by Gasteiger charge is 1.89. The van der Waals surface area contributed by atoms with Crippen molar-refractivity contribution in [2.24, 2.45) is 0 Å². The summed E-state index contributed by atoms with van der Waals surface area (Å²) in [4.78, 5) is 3.79. The fourth-order valence-corrected chi connectivity index (χ4v) is 0.779. The molecule has 0 spiro atoms. The van der Waals surface area contributed by atoms with Gasteiger partial charge in [-0.1, -0.05) is 0 Å². The summed E-state index contributed by atoms with van der Waals surface area (Å²) in [7, 11) is 0. The molecule has 0 aromatic carbocycles. The quantitative estimate of drug-likeness (QED) is 0.530. The number of hydrogen-bond acceptors (Lipinski definition) is 3. The Morgan fingerprint density at radius 3 is 3.00 bits per heavy atom. The molecule has 47 valence electrons. The van der Waals surface area contributed by atoms with Crippen molar-refractivity contribution in [3.63, 3.8) is 0 Å². The van der Waals surface area contributed by atoms with Gasteiger partial charge in [0.05, 0.1) is 6.20 Å². The van der Waals surface area contributed by atoms with E-state index < -0.39 is 0 Å². The van der Waals surface area contributed by atoms with Crippen LogP contribution in [0.5, 0.6) is 0 Å². The summed E-state index contributed by atoms with van der Waals surface area (Å²) in [6.45, 7) is 0. The zero-order chi connectivity index (χ0) is 6.81. The molecule has 2 aromatic rings. The smallest absolute Gasteiger partial charge is 0.121 e. The molecule has 0 bridgehead atoms. The molecule has 0 atom stereocenters. The van der Waals surface area contributed by atoms with E-state index in [1.807, 2.05) is 12.1 Å². The predicted octanol–water partition coefficient (Wildman–Crippen LogP) is 0.825. The normalized spacial score (nSPS) is 10.0. The van der Waals surface area contributed by atoms with Gasteiger partial charge < -0.3 is 0 Å². The summed E-state index contributed by atoms with van der Waals surface area (Å²) in [5, 5.41) is 8.52. The van der Waals surface area contributed by atoms with Crippen molar-refractivity contribution in [3.8, 4) is 0 Å². The van der Waals surface area contributed by atoms with Gasteiger partial charge in [0.25, 0.3) is 0 Å². The molecule has 0 fully saturated rings. The third kappa shape index (κ3) is 0.719. The average Bonchev–Trinajstić information content (AvgIpc) is 2.05. The zero-order valence-electron chi connectivity index (χ0n) is 5.15. The lowest BCUT2D eigenvalue weighted by Gasteiger charge is -1.88. The van der Waals surface area contributed by atoms with Crippen LogP contribution in [0.1, 0.15) is 0 Å². The molecule has 3 heteroatoms. The monoisotopic (exact) mass is 130 g/mol. The average molecular weight is 130 g/mol. The summed E-state index contributed by atoms with van der Waals surface area (Å²) in [6.07, 6.45) is 6.06. The molecule has 10 heavy (non-hydrogen) atoms. The van der Waals surface area contributed by atoms with E-state index in [1.165, 1.54) is 0 Å². The van der Waals surface area contributed by atoms with E-state index in [-0.39, 0.29) is 0 Å². The van der Waals surface area contributed by atoms with E-state index in [9.17, 15) is 0 Å². The van der Waals surface area contributed by atoms with Crippen molar-refractivity contribution in [2.75, 3.05) is 0 Å². The molecule has 3 nitrogen and oxygen atoms in total. The molecule has 0 aliphatic carbocycles. The van der Waals surface area contributed by atoms with Crippen LogP contribution in [-0.4, -0.2) is 15.2 Å². The summed E-state index contributed by atoms with van der Waals surface area (Å²) in [5.74, 6) is 0. The fourth-order valence-electron chi connectivity index (χ4n) is 0.779. The second-order valence-electron chi connectivity index (χ2n) is 1.89. The third-order valence-electron chi connectivity index (χ3n) is 1.25. The molecule has 1 radical (unpaired) electrons. The van der Waals surface area contributed by atoms with Crippen molar-refractivity contribution in [3.05, 3.63) is 30.7 Å². The van der Waals surface area contributed by atoms with E-state index in [1.54, 1.807) is 12.4 Å². The molecular formula is C7H4N3. The van der Waals surface area contributed by atoms with E-state index in [4.69, 9.17) is 0 Å². The number of aromatic nitrogens is 3. The summed E-state index contributed by atoms with van der Waals surface area (Å²) in [6, 6.07) is 3.75. The summed E-state index contributed by atoms with van der Waals surface area (Å²) < 4.78 is 0. The van der Waals surface area contributed by atoms with Gasteiger partial charge in [0.2, 0.25) is 0 Å². The van der Waals surface area contributed by atoms with Crippen LogP contribution in [0, 0.1) is 6.20 Å². The van der Waals surface area contributed by atoms with Crippen LogP contribution in [-0.2, 0) is 0 Å². The van der Waals surface area contributed by atoms with E-state index in [2.05, 4.69) is 21.4 Å². The number of nitrogens with zero attached hydrogens (tertiary/aromatic N) is 3. The maximum Gasteiger partial charge on any atom is 0.121 e. The number of rotatable bonds is 0. The van der Waals surface area contributed by atoms with E-state index in [0.717, 1.165) is 5.39 Å². The van der Waals surface area contributed by atoms with Gasteiger partial charge in [-0.2, -0.15) is 5.10 Å². The van der Waals surface area contributed by atoms with Gasteiger partial charge in [-0.05, 0) is 12.1 Å². The molecule has 2 aromatic heterocycles. The SMILES string of the molecule is [c]1nccc2ccnnc12. The summed E-state index contributed by atoms with van der Waals surface area (Å²) >= 11 is 0. The van der Waals surface area contributed by atoms with Gasteiger partial charge in [-0.3, -0.25) is 4.98 Å². The van der Waals surface area contributed by atoms with Crippen LogP contribution < -0.4 is 0 Å². The lowest BCUT2D eigenvalue weighted by molar-refractivity contribution is 1.07. The Morgan fingerprint density at radius 1 is 1.20 bits per heavy atom. The first-order chi connectivity index (χ1) is 4.97. The van der Waals surface area contributed by atoms with Gasteiger partial charge in [-0.15, -0.1) is 5.10 Å². The molecule has 0 amide bonds. The van der Waals surface area contributed by atoms with Crippen LogP contribution in [0.2, 0.25) is 0 Å². The van der Waals surface area contributed by atoms with Gasteiger partial charge >= 0.3 is 0 Å². The largest absolute Gasteiger partial charge is 0.252 e. The zero-order valence-corrected chi connectivity index (χ0v) is 5.15. The van der Waals surface area contributed by atoms with Crippen molar-refractivity contribution in [2.45, 2.75) is 0 Å². The molecule has 0 aliphatic rings. The Kier molecular flexibility index (Phi) is 1.07. The Hall–Kier alpha value is -1.51. The predicted molar refractivity (Wildman–Crippen MR) is 36.2 cm³/mol. The highest BCUT2D eigenvalue weighted by atomic mass is 15.1. The number of hydrogen-bond donors (Lipinski definition) is 0. The van der Waals surface area contributed by atoms with Gasteiger partial charge in [0, 0.05) is 11.6 Å². The lowest BCUT2D eigenvalue weighted by atomic mass is 10.3. The second-order valence-corrected chi connectivity index (χ2v) is 1.89. The first kappa shape index (κ1) is 5.29. The maximum atomic E-state index is 3.81. The lowest BCUT2D eigenvalue weighted by Crippen LogP contribution is -1.82. The Bertz CT molecular complexity index is 280. The molecule has 0 saturated heterocycles. The minimum atomic E-state index is 0.713. The van der Waals surface area contributed by atoms with Crippen LogP contribution in [0.25, 0.3) is 10.9 Å². The molecule has 0 aliphatic heterocycles. The second kappa shape index (κ2) is 2.02. The van der Waals surface area contributed by atoms with Gasteiger partial charge in [0.1, 0.15) is 11.7 Å². The minimum Gasteiger partial charge on any atom is -0.252 e. The van der Waals surface area contributed by atoms with Crippen molar-refractivity contribution >= 4 is 10.9 Å². The first-order valence-corrected chi connectivity index (χ1v) is 2.91. The van der Waals surface area contributed by atoms with Crippen molar-refractivity contribution in [1.29, 1.82) is 0 Å². The van der Waals surface area contributed by atoms with E-state index in [0.29, 0.717) is 5.52 Å². The molecule has 0 N–H and O–H groups in total. The Labute approximate surface area is 57.7 Å². The Balaban J connectivity index is 2.89. The number of pyridine rings is 1. The molecule has 0 saturated carbocycles. The molecule has 0 unspecified atom stereocenters. The van der Waals surface area contributed by atoms with Gasteiger partial charge in [-0.25, -0.2) is 0 Å². The van der Waals surface area contributed by atoms with Crippen LogP contribution >= 0.6 is 0 Å². The summed E-state index contributed by atoms with van der Waals surface area (Å²) in [5.41, 5.74) is 0.713. The Morgan fingerprint density at radius 2 is 2.10 bits per heavy atom. The maximum absolute atomic E-state index is 3.81. The minimum absolute atomic E-state index is 0.713. The molecular weight excluding hydrogens is 126 g/mol.